The molecule has 2 N–H and O–H groups in total. The number of benzene rings is 1. The van der Waals surface area contributed by atoms with E-state index < -0.39 is 0 Å². The van der Waals surface area contributed by atoms with Gasteiger partial charge in [0, 0.05) is 10.4 Å². The first-order valence-corrected chi connectivity index (χ1v) is 8.41. The van der Waals surface area contributed by atoms with Gasteiger partial charge >= 0.3 is 0 Å². The molecule has 0 radical (unpaired) electrons. The fraction of sp³-hybridized carbons (Fsp3) is 0.294. The van der Waals surface area contributed by atoms with Gasteiger partial charge in [0.05, 0.1) is 12.5 Å². The van der Waals surface area contributed by atoms with Crippen molar-refractivity contribution in [3.8, 4) is 22.9 Å². The SMILES string of the molecule is COc1cc(-c2nc3sc4c(c3c(=O)[nH]2)CCCC4)ccc1O. The number of hydrogen-bond acceptors (Lipinski definition) is 5. The summed E-state index contributed by atoms with van der Waals surface area (Å²) < 4.78 is 5.12. The number of aromatic hydroxyl groups is 1. The van der Waals surface area contributed by atoms with Crippen LogP contribution in [0.25, 0.3) is 21.6 Å². The van der Waals surface area contributed by atoms with Crippen molar-refractivity contribution >= 4 is 21.6 Å². The average molecular weight is 328 g/mol. The number of nitrogens with one attached hydrogen (secondary N) is 1. The van der Waals surface area contributed by atoms with Gasteiger partial charge in [-0.15, -0.1) is 11.3 Å². The molecule has 6 heteroatoms. The van der Waals surface area contributed by atoms with E-state index in [4.69, 9.17) is 4.74 Å². The zero-order chi connectivity index (χ0) is 16.0. The number of aryl methyl sites for hydroxylation is 2. The van der Waals surface area contributed by atoms with Crippen LogP contribution in [0.1, 0.15) is 23.3 Å². The second-order valence-electron chi connectivity index (χ2n) is 5.69. The summed E-state index contributed by atoms with van der Waals surface area (Å²) in [5, 5.41) is 10.5. The van der Waals surface area contributed by atoms with Gasteiger partial charge in [0.2, 0.25) is 0 Å². The van der Waals surface area contributed by atoms with Gasteiger partial charge in [-0.2, -0.15) is 0 Å². The molecule has 0 bridgehead atoms. The third-order valence-corrected chi connectivity index (χ3v) is 5.46. The molecule has 1 aliphatic rings. The van der Waals surface area contributed by atoms with E-state index in [0.29, 0.717) is 17.1 Å². The monoisotopic (exact) mass is 328 g/mol. The predicted octanol–water partition coefficient (Wildman–Crippen LogP) is 3.24. The highest BCUT2D eigenvalue weighted by atomic mass is 32.1. The maximum Gasteiger partial charge on any atom is 0.260 e. The van der Waals surface area contributed by atoms with Crippen molar-refractivity contribution in [3.63, 3.8) is 0 Å². The highest BCUT2D eigenvalue weighted by molar-refractivity contribution is 7.18. The summed E-state index contributed by atoms with van der Waals surface area (Å²) in [6.45, 7) is 0. The third-order valence-electron chi connectivity index (χ3n) is 4.28. The van der Waals surface area contributed by atoms with Crippen molar-refractivity contribution in [1.29, 1.82) is 0 Å². The maximum absolute atomic E-state index is 12.6. The van der Waals surface area contributed by atoms with Gasteiger partial charge in [-0.3, -0.25) is 4.79 Å². The second kappa shape index (κ2) is 5.38. The van der Waals surface area contributed by atoms with E-state index in [9.17, 15) is 9.90 Å². The lowest BCUT2D eigenvalue weighted by molar-refractivity contribution is 0.373. The van der Waals surface area contributed by atoms with E-state index in [2.05, 4.69) is 9.97 Å². The first-order chi connectivity index (χ1) is 11.2. The van der Waals surface area contributed by atoms with Crippen LogP contribution in [0.5, 0.6) is 11.5 Å². The van der Waals surface area contributed by atoms with E-state index in [0.717, 1.165) is 29.5 Å². The standard InChI is InChI=1S/C17H16N2O3S/c1-22-12-8-9(6-7-11(12)20)15-18-16(21)14-10-4-2-3-5-13(10)23-17(14)19-15/h6-8,20H,2-5H2,1H3,(H,18,19,21). The molecule has 5 nitrogen and oxygen atoms in total. The maximum atomic E-state index is 12.6. The van der Waals surface area contributed by atoms with Gasteiger partial charge in [-0.1, -0.05) is 0 Å². The van der Waals surface area contributed by atoms with Crippen molar-refractivity contribution in [2.24, 2.45) is 0 Å². The van der Waals surface area contributed by atoms with E-state index in [-0.39, 0.29) is 11.3 Å². The number of rotatable bonds is 2. The Kier molecular flexibility index (Phi) is 3.34. The molecule has 4 rings (SSSR count). The van der Waals surface area contributed by atoms with Gasteiger partial charge in [-0.25, -0.2) is 4.98 Å². The highest BCUT2D eigenvalue weighted by Crippen LogP contribution is 2.35. The lowest BCUT2D eigenvalue weighted by Gasteiger charge is -2.09. The molecule has 0 spiro atoms. The normalized spacial score (nSPS) is 14.0. The number of methoxy groups -OCH3 is 1. The number of fused-ring (bicyclic) bond motifs is 3. The molecule has 118 valence electrons. The van der Waals surface area contributed by atoms with Crippen molar-refractivity contribution in [3.05, 3.63) is 39.0 Å². The minimum absolute atomic E-state index is 0.0614. The Morgan fingerprint density at radius 3 is 2.96 bits per heavy atom. The zero-order valence-electron chi connectivity index (χ0n) is 12.7. The summed E-state index contributed by atoms with van der Waals surface area (Å²) in [4.78, 5) is 22.2. The third kappa shape index (κ3) is 2.30. The summed E-state index contributed by atoms with van der Waals surface area (Å²) in [6, 6.07) is 4.93. The zero-order valence-corrected chi connectivity index (χ0v) is 13.5. The van der Waals surface area contributed by atoms with E-state index in [1.165, 1.54) is 30.0 Å². The number of aromatic nitrogens is 2. The van der Waals surface area contributed by atoms with Crippen LogP contribution in [0.2, 0.25) is 0 Å². The molecular weight excluding hydrogens is 312 g/mol. The summed E-state index contributed by atoms with van der Waals surface area (Å²) in [5.41, 5.74) is 1.81. The molecule has 3 aromatic rings. The number of hydrogen-bond donors (Lipinski definition) is 2. The lowest BCUT2D eigenvalue weighted by Crippen LogP contribution is -2.11. The van der Waals surface area contributed by atoms with Crippen LogP contribution in [-0.4, -0.2) is 22.2 Å². The summed E-state index contributed by atoms with van der Waals surface area (Å²) in [6.07, 6.45) is 4.32. The molecule has 2 heterocycles. The highest BCUT2D eigenvalue weighted by Gasteiger charge is 2.20. The van der Waals surface area contributed by atoms with E-state index >= 15 is 0 Å². The van der Waals surface area contributed by atoms with Crippen LogP contribution in [0.15, 0.2) is 23.0 Å². The smallest absolute Gasteiger partial charge is 0.260 e. The van der Waals surface area contributed by atoms with Gasteiger partial charge in [0.25, 0.3) is 5.56 Å². The fourth-order valence-electron chi connectivity index (χ4n) is 3.13. The average Bonchev–Trinajstić information content (AvgIpc) is 2.94. The Hall–Kier alpha value is -2.34. The number of phenols is 1. The number of thiophene rings is 1. The van der Waals surface area contributed by atoms with E-state index in [1.807, 2.05) is 0 Å². The van der Waals surface area contributed by atoms with Crippen LogP contribution in [0, 0.1) is 0 Å². The summed E-state index contributed by atoms with van der Waals surface area (Å²) >= 11 is 1.62. The Balaban J connectivity index is 1.91. The lowest BCUT2D eigenvalue weighted by atomic mass is 9.97. The molecule has 0 amide bonds. The Labute approximate surface area is 136 Å². The molecule has 1 aliphatic carbocycles. The molecule has 0 fully saturated rings. The molecule has 0 unspecified atom stereocenters. The van der Waals surface area contributed by atoms with E-state index in [1.54, 1.807) is 23.5 Å². The summed E-state index contributed by atoms with van der Waals surface area (Å²) in [5.74, 6) is 0.918. The number of nitrogens with zero attached hydrogens (tertiary/aromatic N) is 1. The van der Waals surface area contributed by atoms with Crippen molar-refractivity contribution in [2.45, 2.75) is 25.7 Å². The van der Waals surface area contributed by atoms with Crippen LogP contribution in [0.3, 0.4) is 0 Å². The van der Waals surface area contributed by atoms with Crippen molar-refractivity contribution < 1.29 is 9.84 Å². The van der Waals surface area contributed by atoms with Gasteiger partial charge < -0.3 is 14.8 Å². The molecule has 23 heavy (non-hydrogen) atoms. The molecule has 0 saturated carbocycles. The molecule has 1 aromatic carbocycles. The molecule has 0 saturated heterocycles. The van der Waals surface area contributed by atoms with Crippen molar-refractivity contribution in [2.75, 3.05) is 7.11 Å². The minimum atomic E-state index is -0.0866. The number of ether oxygens (including phenoxy) is 1. The molecular formula is C17H16N2O3S. The Bertz CT molecular complexity index is 958. The predicted molar refractivity (Wildman–Crippen MR) is 90.5 cm³/mol. The minimum Gasteiger partial charge on any atom is -0.504 e. The summed E-state index contributed by atoms with van der Waals surface area (Å²) in [7, 11) is 1.49. The fourth-order valence-corrected chi connectivity index (χ4v) is 4.39. The Morgan fingerprint density at radius 2 is 2.13 bits per heavy atom. The molecule has 2 aromatic heterocycles. The quantitative estimate of drug-likeness (QED) is 0.757. The number of H-pyrrole nitrogens is 1. The van der Waals surface area contributed by atoms with Crippen LogP contribution in [-0.2, 0) is 12.8 Å². The first-order valence-electron chi connectivity index (χ1n) is 7.59. The molecule has 0 atom stereocenters. The van der Waals surface area contributed by atoms with Gasteiger partial charge in [0.1, 0.15) is 10.7 Å². The number of phenolic OH excluding ortho intramolecular Hbond substituents is 1. The first kappa shape index (κ1) is 14.3. The number of aromatic amines is 1. The van der Waals surface area contributed by atoms with Crippen LogP contribution < -0.4 is 10.3 Å². The van der Waals surface area contributed by atoms with Gasteiger partial charge in [-0.05, 0) is 49.4 Å². The van der Waals surface area contributed by atoms with Crippen LogP contribution in [0.4, 0.5) is 0 Å². The van der Waals surface area contributed by atoms with Crippen LogP contribution >= 0.6 is 11.3 Å². The largest absolute Gasteiger partial charge is 0.504 e. The molecule has 0 aliphatic heterocycles. The van der Waals surface area contributed by atoms with Gasteiger partial charge in [0.15, 0.2) is 11.5 Å². The second-order valence-corrected chi connectivity index (χ2v) is 6.78. The van der Waals surface area contributed by atoms with Crippen molar-refractivity contribution in [1.82, 2.24) is 9.97 Å². The topological polar surface area (TPSA) is 75.2 Å². The Morgan fingerprint density at radius 1 is 1.30 bits per heavy atom.